The molecule has 5 nitrogen and oxygen atoms in total. The van der Waals surface area contributed by atoms with Crippen LogP contribution in [0.15, 0.2) is 61.3 Å². The van der Waals surface area contributed by atoms with Crippen molar-refractivity contribution in [2.45, 2.75) is 32.7 Å². The molecule has 5 rings (SSSR count). The Morgan fingerprint density at radius 2 is 1.79 bits per heavy atom. The first-order chi connectivity index (χ1) is 16.6. The smallest absolute Gasteiger partial charge is 0.136 e. The van der Waals surface area contributed by atoms with Crippen molar-refractivity contribution in [3.05, 3.63) is 83.4 Å². The van der Waals surface area contributed by atoms with Gasteiger partial charge in [-0.25, -0.2) is 9.97 Å². The summed E-state index contributed by atoms with van der Waals surface area (Å²) in [6, 6.07) is 12.5. The van der Waals surface area contributed by atoms with Gasteiger partial charge in [0.25, 0.3) is 0 Å². The number of rotatable bonds is 6. The summed E-state index contributed by atoms with van der Waals surface area (Å²) in [5, 5.41) is 3.09. The van der Waals surface area contributed by atoms with Crippen molar-refractivity contribution in [3.63, 3.8) is 0 Å². The van der Waals surface area contributed by atoms with Gasteiger partial charge in [0.1, 0.15) is 11.6 Å². The lowest BCUT2D eigenvalue weighted by Gasteiger charge is -2.39. The van der Waals surface area contributed by atoms with E-state index in [1.807, 2.05) is 18.2 Å². The zero-order valence-corrected chi connectivity index (χ0v) is 20.7. The van der Waals surface area contributed by atoms with Gasteiger partial charge in [0, 0.05) is 61.5 Å². The van der Waals surface area contributed by atoms with Crippen LogP contribution in [0.2, 0.25) is 5.02 Å². The molecule has 34 heavy (non-hydrogen) atoms. The molecule has 3 aromatic rings. The number of anilines is 2. The average Bonchev–Trinajstić information content (AvgIpc) is 2.87. The molecule has 2 aromatic carbocycles. The number of hydrogen-bond acceptors (Lipinski definition) is 5. The van der Waals surface area contributed by atoms with Crippen molar-refractivity contribution in [2.75, 3.05) is 42.5 Å². The molecule has 3 heterocycles. The molecular weight excluding hydrogens is 442 g/mol. The summed E-state index contributed by atoms with van der Waals surface area (Å²) in [5.41, 5.74) is 4.64. The monoisotopic (exact) mass is 473 g/mol. The molecule has 1 fully saturated rings. The maximum atomic E-state index is 6.64. The summed E-state index contributed by atoms with van der Waals surface area (Å²) in [6.45, 7) is 15.6. The maximum Gasteiger partial charge on any atom is 0.136 e. The van der Waals surface area contributed by atoms with Crippen LogP contribution in [0, 0.1) is 0 Å². The van der Waals surface area contributed by atoms with Crippen molar-refractivity contribution in [3.8, 4) is 0 Å². The Balaban J connectivity index is 1.47. The predicted molar refractivity (Wildman–Crippen MR) is 143 cm³/mol. The van der Waals surface area contributed by atoms with E-state index in [0.29, 0.717) is 0 Å². The number of halogens is 1. The first-order valence-corrected chi connectivity index (χ1v) is 12.6. The van der Waals surface area contributed by atoms with Crippen LogP contribution < -0.4 is 9.80 Å². The van der Waals surface area contributed by atoms with Gasteiger partial charge in [0.2, 0.25) is 0 Å². The van der Waals surface area contributed by atoms with Gasteiger partial charge in [-0.2, -0.15) is 0 Å². The van der Waals surface area contributed by atoms with Crippen molar-refractivity contribution >= 4 is 33.9 Å². The fourth-order valence-electron chi connectivity index (χ4n) is 5.14. The number of allylic oxidation sites excluding steroid dienone is 1. The van der Waals surface area contributed by atoms with Crippen LogP contribution in [0.25, 0.3) is 10.8 Å². The second kappa shape index (κ2) is 9.67. The highest BCUT2D eigenvalue weighted by atomic mass is 35.5. The molecular formula is C28H32ClN5. The molecule has 1 aromatic heterocycles. The third-order valence-corrected chi connectivity index (χ3v) is 7.27. The van der Waals surface area contributed by atoms with Gasteiger partial charge in [-0.15, -0.1) is 0 Å². The summed E-state index contributed by atoms with van der Waals surface area (Å²) in [5.74, 6) is 2.08. The number of aryl methyl sites for hydroxylation is 1. The largest absolute Gasteiger partial charge is 0.368 e. The Bertz CT molecular complexity index is 1220. The summed E-state index contributed by atoms with van der Waals surface area (Å²) < 4.78 is 0. The van der Waals surface area contributed by atoms with Gasteiger partial charge in [0.15, 0.2) is 0 Å². The van der Waals surface area contributed by atoms with Crippen LogP contribution in [0.3, 0.4) is 0 Å². The molecule has 6 heteroatoms. The minimum absolute atomic E-state index is 0.777. The molecule has 0 atom stereocenters. The van der Waals surface area contributed by atoms with Crippen LogP contribution in [0.1, 0.15) is 30.4 Å². The zero-order valence-electron chi connectivity index (χ0n) is 19.9. The number of piperazine rings is 1. The van der Waals surface area contributed by atoms with Gasteiger partial charge in [-0.05, 0) is 36.4 Å². The van der Waals surface area contributed by atoms with Gasteiger partial charge in [-0.1, -0.05) is 55.9 Å². The first-order valence-electron chi connectivity index (χ1n) is 12.2. The third-order valence-electron chi connectivity index (χ3n) is 6.96. The molecule has 2 aliphatic rings. The molecule has 0 spiro atoms. The minimum atomic E-state index is 0.777. The first kappa shape index (κ1) is 22.7. The number of nitrogens with zero attached hydrogens (tertiary/aromatic N) is 5. The predicted octanol–water partition coefficient (Wildman–Crippen LogP) is 5.62. The number of hydrogen-bond donors (Lipinski definition) is 0. The van der Waals surface area contributed by atoms with Crippen molar-refractivity contribution in [2.24, 2.45) is 0 Å². The quantitative estimate of drug-likeness (QED) is 0.434. The second-order valence-electron chi connectivity index (χ2n) is 9.09. The fourth-order valence-corrected chi connectivity index (χ4v) is 5.42. The van der Waals surface area contributed by atoms with Crippen molar-refractivity contribution in [1.29, 1.82) is 0 Å². The van der Waals surface area contributed by atoms with Gasteiger partial charge in [-0.3, -0.25) is 0 Å². The van der Waals surface area contributed by atoms with Crippen LogP contribution in [0.5, 0.6) is 0 Å². The Labute approximate surface area is 207 Å². The lowest BCUT2D eigenvalue weighted by atomic mass is 10.0. The van der Waals surface area contributed by atoms with E-state index in [2.05, 4.69) is 59.0 Å². The highest BCUT2D eigenvalue weighted by Crippen LogP contribution is 2.36. The summed E-state index contributed by atoms with van der Waals surface area (Å²) in [7, 11) is 0. The van der Waals surface area contributed by atoms with E-state index in [0.717, 1.165) is 92.0 Å². The molecule has 0 N–H and O–H groups in total. The van der Waals surface area contributed by atoms with Crippen molar-refractivity contribution < 1.29 is 0 Å². The van der Waals surface area contributed by atoms with Crippen LogP contribution >= 0.6 is 11.6 Å². The molecule has 0 bridgehead atoms. The molecule has 0 saturated carbocycles. The fraction of sp³-hybridized carbons (Fsp3) is 0.357. The Kier molecular flexibility index (Phi) is 6.46. The zero-order chi connectivity index (χ0) is 23.7. The van der Waals surface area contributed by atoms with Crippen LogP contribution in [-0.4, -0.2) is 47.6 Å². The van der Waals surface area contributed by atoms with Crippen molar-refractivity contribution in [1.82, 2.24) is 14.9 Å². The molecule has 0 amide bonds. The topological polar surface area (TPSA) is 35.5 Å². The van der Waals surface area contributed by atoms with Crippen LogP contribution in [0.4, 0.5) is 11.5 Å². The Morgan fingerprint density at radius 1 is 1.03 bits per heavy atom. The summed E-state index contributed by atoms with van der Waals surface area (Å²) in [4.78, 5) is 17.3. The lowest BCUT2D eigenvalue weighted by Crippen LogP contribution is -2.46. The standard InChI is InChI=1S/C28H32ClN5/c1-4-8-26-30-24-19-34(25-12-7-10-21-9-6-11-23(29)27(21)25)14-13-22(24)28(31-26)33-17-15-32(16-18-33)20(3)5-2/h5-7,9-12H,2-4,8,13-19H2,1H3. The number of benzene rings is 2. The molecule has 1 saturated heterocycles. The summed E-state index contributed by atoms with van der Waals surface area (Å²) >= 11 is 6.64. The second-order valence-corrected chi connectivity index (χ2v) is 9.50. The molecule has 0 radical (unpaired) electrons. The molecule has 2 aliphatic heterocycles. The van der Waals surface area contributed by atoms with Gasteiger partial charge in [0.05, 0.1) is 17.3 Å². The molecule has 0 aliphatic carbocycles. The van der Waals surface area contributed by atoms with Gasteiger partial charge < -0.3 is 14.7 Å². The number of aromatic nitrogens is 2. The van der Waals surface area contributed by atoms with Gasteiger partial charge >= 0.3 is 0 Å². The van der Waals surface area contributed by atoms with E-state index >= 15 is 0 Å². The Hall–Kier alpha value is -3.05. The lowest BCUT2D eigenvalue weighted by molar-refractivity contribution is 0.330. The highest BCUT2D eigenvalue weighted by Gasteiger charge is 2.28. The van der Waals surface area contributed by atoms with Crippen LogP contribution in [-0.2, 0) is 19.4 Å². The molecule has 176 valence electrons. The van der Waals surface area contributed by atoms with E-state index in [1.165, 1.54) is 16.6 Å². The molecule has 0 unspecified atom stereocenters. The third kappa shape index (κ3) is 4.25. The van der Waals surface area contributed by atoms with E-state index < -0.39 is 0 Å². The minimum Gasteiger partial charge on any atom is -0.368 e. The van der Waals surface area contributed by atoms with E-state index in [4.69, 9.17) is 21.6 Å². The number of fused-ring (bicyclic) bond motifs is 2. The summed E-state index contributed by atoms with van der Waals surface area (Å²) in [6.07, 6.45) is 4.70. The normalized spacial score (nSPS) is 16.0. The van der Waals surface area contributed by atoms with E-state index in [-0.39, 0.29) is 0 Å². The maximum absolute atomic E-state index is 6.64. The van der Waals surface area contributed by atoms with E-state index in [1.54, 1.807) is 0 Å². The van der Waals surface area contributed by atoms with E-state index in [9.17, 15) is 0 Å². The Morgan fingerprint density at radius 3 is 2.53 bits per heavy atom. The average molecular weight is 474 g/mol. The highest BCUT2D eigenvalue weighted by molar-refractivity contribution is 6.36. The SMILES string of the molecule is C=CC(=C)N1CCN(c2nc(CCC)nc3c2CCN(c2cccc4cccc(Cl)c24)C3)CC1.